The molecule has 0 saturated carbocycles. The van der Waals surface area contributed by atoms with Crippen molar-refractivity contribution in [2.45, 2.75) is 12.4 Å². The van der Waals surface area contributed by atoms with E-state index in [1.54, 1.807) is 30.6 Å². The van der Waals surface area contributed by atoms with Gasteiger partial charge in [-0.1, -0.05) is 48.6 Å². The number of benzene rings is 3. The summed E-state index contributed by atoms with van der Waals surface area (Å²) in [6.45, 7) is 0. The normalized spacial score (nSPS) is 12.1. The predicted octanol–water partition coefficient (Wildman–Crippen LogP) is 7.90. The molecule has 1 N–H and O–H groups in total. The number of anilines is 1. The van der Waals surface area contributed by atoms with E-state index in [4.69, 9.17) is 0 Å². The van der Waals surface area contributed by atoms with Gasteiger partial charge in [0.25, 0.3) is 0 Å². The molecule has 3 nitrogen and oxygen atoms in total. The van der Waals surface area contributed by atoms with Gasteiger partial charge in [0.05, 0.1) is 11.1 Å². The lowest BCUT2D eigenvalue weighted by molar-refractivity contribution is -0.138. The van der Waals surface area contributed by atoms with Gasteiger partial charge in [0.15, 0.2) is 0 Å². The molecule has 0 aliphatic heterocycles. The molecular weight excluding hydrogens is 494 g/mol. The van der Waals surface area contributed by atoms with Crippen molar-refractivity contribution < 1.29 is 31.1 Å². The first-order chi connectivity index (χ1) is 17.5. The molecule has 4 rings (SSSR count). The zero-order chi connectivity index (χ0) is 26.6. The molecule has 0 bridgehead atoms. The standard InChI is InChI=1S/C28H18F6N2O/c29-27(30,31)21-11-7-18(8-12-21)23(19-9-13-22(14-10-19)28(32,33)34)4-2-6-26(37)36-25-5-1-3-20-17-35-16-15-24(20)25/h1-17H,(H,36,37). The number of nitrogens with zero attached hydrogens (tertiary/aromatic N) is 1. The molecule has 4 aromatic rings. The smallest absolute Gasteiger partial charge is 0.322 e. The molecule has 0 unspecified atom stereocenters. The Balaban J connectivity index is 1.63. The highest BCUT2D eigenvalue weighted by Gasteiger charge is 2.31. The van der Waals surface area contributed by atoms with E-state index in [2.05, 4.69) is 10.3 Å². The molecule has 0 aliphatic carbocycles. The summed E-state index contributed by atoms with van der Waals surface area (Å²) in [5, 5.41) is 4.37. The van der Waals surface area contributed by atoms with Crippen LogP contribution < -0.4 is 5.32 Å². The maximum Gasteiger partial charge on any atom is 0.416 e. The van der Waals surface area contributed by atoms with Crippen molar-refractivity contribution in [1.82, 2.24) is 4.98 Å². The molecule has 37 heavy (non-hydrogen) atoms. The van der Waals surface area contributed by atoms with Crippen molar-refractivity contribution in [3.8, 4) is 0 Å². The Kier molecular flexibility index (Phi) is 7.15. The molecule has 1 heterocycles. The number of aromatic nitrogens is 1. The first kappa shape index (κ1) is 25.7. The number of halogens is 6. The first-order valence-electron chi connectivity index (χ1n) is 10.9. The number of amides is 1. The SMILES string of the molecule is O=C(C=CC=C(c1ccc(C(F)(F)F)cc1)c1ccc(C(F)(F)F)cc1)Nc1cccc2cnccc12. The molecule has 0 atom stereocenters. The molecule has 0 spiro atoms. The summed E-state index contributed by atoms with van der Waals surface area (Å²) in [6.07, 6.45) is -1.77. The summed E-state index contributed by atoms with van der Waals surface area (Å²) in [7, 11) is 0. The van der Waals surface area contributed by atoms with E-state index in [9.17, 15) is 31.1 Å². The summed E-state index contributed by atoms with van der Waals surface area (Å²) in [5.74, 6) is -0.472. The van der Waals surface area contributed by atoms with Crippen molar-refractivity contribution in [3.63, 3.8) is 0 Å². The van der Waals surface area contributed by atoms with Crippen molar-refractivity contribution in [3.05, 3.63) is 126 Å². The van der Waals surface area contributed by atoms with Gasteiger partial charge in [-0.05, 0) is 53.1 Å². The topological polar surface area (TPSA) is 42.0 Å². The van der Waals surface area contributed by atoms with Crippen LogP contribution in [0.4, 0.5) is 32.0 Å². The third kappa shape index (κ3) is 6.24. The van der Waals surface area contributed by atoms with Gasteiger partial charge in [0, 0.05) is 34.9 Å². The number of nitrogens with one attached hydrogen (secondary N) is 1. The monoisotopic (exact) mass is 512 g/mol. The maximum atomic E-state index is 13.0. The van der Waals surface area contributed by atoms with Crippen LogP contribution in [0.3, 0.4) is 0 Å². The Hall–Kier alpha value is -4.40. The largest absolute Gasteiger partial charge is 0.416 e. The van der Waals surface area contributed by atoms with E-state index in [1.807, 2.05) is 6.07 Å². The van der Waals surface area contributed by atoms with Gasteiger partial charge in [-0.15, -0.1) is 0 Å². The van der Waals surface area contributed by atoms with Crippen molar-refractivity contribution >= 4 is 27.9 Å². The second kappa shape index (κ2) is 10.3. The number of pyridine rings is 1. The van der Waals surface area contributed by atoms with E-state index in [0.717, 1.165) is 35.0 Å². The van der Waals surface area contributed by atoms with Gasteiger partial charge in [0.2, 0.25) is 5.91 Å². The molecular formula is C28H18F6N2O. The Morgan fingerprint density at radius 3 is 1.86 bits per heavy atom. The van der Waals surface area contributed by atoms with Crippen LogP contribution in [0.15, 0.2) is 103 Å². The minimum atomic E-state index is -4.54. The molecule has 0 aliphatic rings. The number of allylic oxidation sites excluding steroid dienone is 2. The minimum absolute atomic E-state index is 0.333. The van der Waals surface area contributed by atoms with Crippen molar-refractivity contribution in [1.29, 1.82) is 0 Å². The van der Waals surface area contributed by atoms with Crippen molar-refractivity contribution in [2.24, 2.45) is 0 Å². The number of hydrogen-bond donors (Lipinski definition) is 1. The van der Waals surface area contributed by atoms with Gasteiger partial charge >= 0.3 is 12.4 Å². The molecule has 0 fully saturated rings. The highest BCUT2D eigenvalue weighted by molar-refractivity contribution is 6.06. The van der Waals surface area contributed by atoms with Gasteiger partial charge < -0.3 is 5.32 Å². The van der Waals surface area contributed by atoms with Gasteiger partial charge in [-0.3, -0.25) is 9.78 Å². The predicted molar refractivity (Wildman–Crippen MR) is 129 cm³/mol. The Bertz CT molecular complexity index is 1400. The Labute approximate surface area is 207 Å². The zero-order valence-corrected chi connectivity index (χ0v) is 18.9. The fourth-order valence-electron chi connectivity index (χ4n) is 3.67. The fourth-order valence-corrected chi connectivity index (χ4v) is 3.67. The van der Waals surface area contributed by atoms with Crippen LogP contribution in [0, 0.1) is 0 Å². The van der Waals surface area contributed by atoms with Crippen LogP contribution in [-0.2, 0) is 17.1 Å². The van der Waals surface area contributed by atoms with Crippen LogP contribution >= 0.6 is 0 Å². The molecule has 0 radical (unpaired) electrons. The molecule has 3 aromatic carbocycles. The van der Waals surface area contributed by atoms with Crippen LogP contribution in [-0.4, -0.2) is 10.9 Å². The average Bonchev–Trinajstić information content (AvgIpc) is 2.86. The van der Waals surface area contributed by atoms with E-state index < -0.39 is 29.4 Å². The lowest BCUT2D eigenvalue weighted by Gasteiger charge is -2.12. The second-order valence-corrected chi connectivity index (χ2v) is 7.98. The van der Waals surface area contributed by atoms with E-state index in [0.29, 0.717) is 22.4 Å². The van der Waals surface area contributed by atoms with Crippen LogP contribution in [0.1, 0.15) is 22.3 Å². The summed E-state index contributed by atoms with van der Waals surface area (Å²) >= 11 is 0. The Morgan fingerprint density at radius 2 is 1.32 bits per heavy atom. The van der Waals surface area contributed by atoms with Crippen LogP contribution in [0.5, 0.6) is 0 Å². The zero-order valence-electron chi connectivity index (χ0n) is 18.9. The molecule has 1 aromatic heterocycles. The molecule has 0 saturated heterocycles. The number of rotatable bonds is 5. The quantitative estimate of drug-likeness (QED) is 0.168. The third-order valence-corrected chi connectivity index (χ3v) is 5.50. The van der Waals surface area contributed by atoms with E-state index >= 15 is 0 Å². The lowest BCUT2D eigenvalue weighted by atomic mass is 9.95. The third-order valence-electron chi connectivity index (χ3n) is 5.50. The fraction of sp³-hybridized carbons (Fsp3) is 0.0714. The van der Waals surface area contributed by atoms with Crippen LogP contribution in [0.2, 0.25) is 0 Å². The van der Waals surface area contributed by atoms with E-state index in [1.165, 1.54) is 42.5 Å². The number of hydrogen-bond acceptors (Lipinski definition) is 2. The lowest BCUT2D eigenvalue weighted by Crippen LogP contribution is -2.08. The van der Waals surface area contributed by atoms with Gasteiger partial charge in [0.1, 0.15) is 0 Å². The average molecular weight is 512 g/mol. The summed E-state index contributed by atoms with van der Waals surface area (Å²) < 4.78 is 77.9. The second-order valence-electron chi connectivity index (χ2n) is 7.98. The number of fused-ring (bicyclic) bond motifs is 1. The molecule has 1 amide bonds. The van der Waals surface area contributed by atoms with E-state index in [-0.39, 0.29) is 0 Å². The number of alkyl halides is 6. The summed E-state index contributed by atoms with van der Waals surface area (Å²) in [5.41, 5.74) is -0.155. The Morgan fingerprint density at radius 1 is 0.757 bits per heavy atom. The number of carbonyl (C=O) groups excluding carboxylic acids is 1. The minimum Gasteiger partial charge on any atom is -0.322 e. The van der Waals surface area contributed by atoms with Crippen molar-refractivity contribution in [2.75, 3.05) is 5.32 Å². The maximum absolute atomic E-state index is 13.0. The van der Waals surface area contributed by atoms with Gasteiger partial charge in [-0.2, -0.15) is 26.3 Å². The first-order valence-corrected chi connectivity index (χ1v) is 10.9. The van der Waals surface area contributed by atoms with Gasteiger partial charge in [-0.25, -0.2) is 0 Å². The highest BCUT2D eigenvalue weighted by Crippen LogP contribution is 2.33. The number of carbonyl (C=O) groups is 1. The van der Waals surface area contributed by atoms with Crippen LogP contribution in [0.25, 0.3) is 16.3 Å². The highest BCUT2D eigenvalue weighted by atomic mass is 19.4. The molecule has 9 heteroatoms. The summed E-state index contributed by atoms with van der Waals surface area (Å²) in [4.78, 5) is 16.6. The molecule has 188 valence electrons. The summed E-state index contributed by atoms with van der Waals surface area (Å²) in [6, 6.07) is 15.5.